The number of hydrogen-bond donors (Lipinski definition) is 2. The predicted octanol–water partition coefficient (Wildman–Crippen LogP) is 2.34. The molecule has 0 fully saturated rings. The van der Waals surface area contributed by atoms with Gasteiger partial charge in [-0.1, -0.05) is 0 Å². The molecule has 0 saturated heterocycles. The number of rotatable bonds is 7. The number of methoxy groups -OCH3 is 1. The molecule has 0 bridgehead atoms. The molecular weight excluding hydrogens is 386 g/mol. The number of carbonyl (C=O) groups is 1. The van der Waals surface area contributed by atoms with Crippen molar-refractivity contribution in [3.8, 4) is 22.8 Å². The highest BCUT2D eigenvalue weighted by molar-refractivity contribution is 5.89. The number of hydrogen-bond acceptors (Lipinski definition) is 6. The fourth-order valence-electron chi connectivity index (χ4n) is 2.87. The Bertz CT molecular complexity index is 1150. The molecule has 154 valence electrons. The number of nitrogens with one attached hydrogen (secondary N) is 2. The van der Waals surface area contributed by atoms with Crippen LogP contribution in [0.3, 0.4) is 0 Å². The van der Waals surface area contributed by atoms with Gasteiger partial charge in [-0.15, -0.1) is 5.10 Å². The van der Waals surface area contributed by atoms with Crippen molar-refractivity contribution in [2.24, 2.45) is 7.05 Å². The molecule has 0 aliphatic heterocycles. The van der Waals surface area contributed by atoms with Crippen molar-refractivity contribution < 1.29 is 14.3 Å². The van der Waals surface area contributed by atoms with E-state index in [0.717, 1.165) is 16.6 Å². The minimum absolute atomic E-state index is 0.337. The highest BCUT2D eigenvalue weighted by atomic mass is 16.5. The molecule has 4 heterocycles. The van der Waals surface area contributed by atoms with Crippen molar-refractivity contribution in [3.63, 3.8) is 0 Å². The van der Waals surface area contributed by atoms with Crippen molar-refractivity contribution in [1.82, 2.24) is 29.7 Å². The molecule has 0 aliphatic rings. The van der Waals surface area contributed by atoms with Crippen LogP contribution < -0.4 is 20.1 Å². The number of carbonyl (C=O) groups excluding carboxylic acids is 1. The lowest BCUT2D eigenvalue weighted by Crippen LogP contribution is -2.32. The number of pyridine rings is 2. The first-order chi connectivity index (χ1) is 14.6. The first-order valence-electron chi connectivity index (χ1n) is 9.27. The van der Waals surface area contributed by atoms with E-state index in [2.05, 4.69) is 25.8 Å². The van der Waals surface area contributed by atoms with Crippen molar-refractivity contribution in [3.05, 3.63) is 55.1 Å². The molecule has 0 radical (unpaired) electrons. The normalized spacial score (nSPS) is 10.7. The molecule has 0 atom stereocenters. The van der Waals surface area contributed by atoms with Gasteiger partial charge in [0, 0.05) is 37.1 Å². The zero-order valence-corrected chi connectivity index (χ0v) is 16.6. The van der Waals surface area contributed by atoms with Crippen LogP contribution in [-0.2, 0) is 7.05 Å². The lowest BCUT2D eigenvalue weighted by Gasteiger charge is -2.06. The summed E-state index contributed by atoms with van der Waals surface area (Å²) in [4.78, 5) is 16.3. The van der Waals surface area contributed by atoms with Gasteiger partial charge < -0.3 is 14.8 Å². The number of amides is 2. The van der Waals surface area contributed by atoms with Crippen LogP contribution in [0, 0.1) is 0 Å². The van der Waals surface area contributed by atoms with E-state index in [1.54, 1.807) is 41.0 Å². The quantitative estimate of drug-likeness (QED) is 0.455. The Kier molecular flexibility index (Phi) is 5.46. The van der Waals surface area contributed by atoms with E-state index in [4.69, 9.17) is 9.47 Å². The Labute approximate surface area is 172 Å². The van der Waals surface area contributed by atoms with Crippen LogP contribution >= 0.6 is 0 Å². The Hall–Kier alpha value is -4.08. The highest BCUT2D eigenvalue weighted by Gasteiger charge is 2.08. The number of urea groups is 1. The molecule has 0 aliphatic carbocycles. The molecule has 0 unspecified atom stereocenters. The van der Waals surface area contributed by atoms with Gasteiger partial charge in [-0.05, 0) is 23.8 Å². The first-order valence-corrected chi connectivity index (χ1v) is 9.27. The second kappa shape index (κ2) is 8.52. The molecule has 4 aromatic heterocycles. The highest BCUT2D eigenvalue weighted by Crippen LogP contribution is 2.23. The standard InChI is InChI=1S/C20H21N7O3/c1-26-13-17(12-23-26)30-8-6-21-20(28)24-18-10-16-9-14(5-7-27(16)25-18)15-3-4-19(29-2)22-11-15/h3-5,7,9-13H,6,8H2,1-2H3,(H2,21,24,25,28). The largest absolute Gasteiger partial charge is 0.488 e. The molecule has 0 aromatic carbocycles. The molecule has 30 heavy (non-hydrogen) atoms. The summed E-state index contributed by atoms with van der Waals surface area (Å²) in [6.07, 6.45) is 6.96. The number of anilines is 1. The summed E-state index contributed by atoms with van der Waals surface area (Å²) in [5, 5.41) is 13.8. The van der Waals surface area contributed by atoms with Crippen LogP contribution in [0.2, 0.25) is 0 Å². The maximum atomic E-state index is 12.1. The van der Waals surface area contributed by atoms with Gasteiger partial charge in [0.25, 0.3) is 0 Å². The Morgan fingerprint density at radius 2 is 2.07 bits per heavy atom. The van der Waals surface area contributed by atoms with Gasteiger partial charge in [0.2, 0.25) is 5.88 Å². The van der Waals surface area contributed by atoms with E-state index in [9.17, 15) is 4.79 Å². The van der Waals surface area contributed by atoms with Crippen molar-refractivity contribution in [2.75, 3.05) is 25.6 Å². The Morgan fingerprint density at radius 1 is 1.17 bits per heavy atom. The average molecular weight is 407 g/mol. The van der Waals surface area contributed by atoms with Gasteiger partial charge in [-0.3, -0.25) is 10.00 Å². The number of aryl methyl sites for hydroxylation is 1. The fourth-order valence-corrected chi connectivity index (χ4v) is 2.87. The topological polar surface area (TPSA) is 108 Å². The van der Waals surface area contributed by atoms with E-state index >= 15 is 0 Å². The Morgan fingerprint density at radius 3 is 2.80 bits per heavy atom. The summed E-state index contributed by atoms with van der Waals surface area (Å²) < 4.78 is 13.9. The number of ether oxygens (including phenoxy) is 2. The first kappa shape index (κ1) is 19.2. The summed E-state index contributed by atoms with van der Waals surface area (Å²) in [6, 6.07) is 9.10. The van der Waals surface area contributed by atoms with Gasteiger partial charge in [0.1, 0.15) is 6.61 Å². The average Bonchev–Trinajstić information content (AvgIpc) is 3.35. The van der Waals surface area contributed by atoms with Gasteiger partial charge in [-0.2, -0.15) is 5.10 Å². The molecule has 2 N–H and O–H groups in total. The monoisotopic (exact) mass is 407 g/mol. The molecule has 4 rings (SSSR count). The van der Waals surface area contributed by atoms with Crippen molar-refractivity contribution >= 4 is 17.4 Å². The summed E-state index contributed by atoms with van der Waals surface area (Å²) in [5.74, 6) is 1.67. The van der Waals surface area contributed by atoms with E-state index in [-0.39, 0.29) is 6.03 Å². The molecule has 4 aromatic rings. The molecule has 2 amide bonds. The smallest absolute Gasteiger partial charge is 0.320 e. The lowest BCUT2D eigenvalue weighted by molar-refractivity contribution is 0.247. The van der Waals surface area contributed by atoms with Gasteiger partial charge >= 0.3 is 6.03 Å². The lowest BCUT2D eigenvalue weighted by atomic mass is 10.1. The van der Waals surface area contributed by atoms with Crippen LogP contribution in [0.15, 0.2) is 55.1 Å². The fraction of sp³-hybridized carbons (Fsp3) is 0.200. The summed E-state index contributed by atoms with van der Waals surface area (Å²) in [5.41, 5.74) is 2.79. The molecule has 10 nitrogen and oxygen atoms in total. The summed E-state index contributed by atoms with van der Waals surface area (Å²) >= 11 is 0. The summed E-state index contributed by atoms with van der Waals surface area (Å²) in [6.45, 7) is 0.687. The minimum atomic E-state index is -0.354. The van der Waals surface area contributed by atoms with E-state index in [0.29, 0.717) is 30.6 Å². The van der Waals surface area contributed by atoms with E-state index in [1.165, 1.54) is 0 Å². The summed E-state index contributed by atoms with van der Waals surface area (Å²) in [7, 11) is 3.39. The zero-order valence-electron chi connectivity index (χ0n) is 16.6. The minimum Gasteiger partial charge on any atom is -0.488 e. The van der Waals surface area contributed by atoms with E-state index < -0.39 is 0 Å². The number of aromatic nitrogens is 5. The molecule has 10 heteroatoms. The van der Waals surface area contributed by atoms with Gasteiger partial charge in [0.05, 0.1) is 31.6 Å². The van der Waals surface area contributed by atoms with Gasteiger partial charge in [-0.25, -0.2) is 14.3 Å². The van der Waals surface area contributed by atoms with Crippen LogP contribution in [0.5, 0.6) is 11.6 Å². The van der Waals surface area contributed by atoms with Crippen molar-refractivity contribution in [2.45, 2.75) is 0 Å². The van der Waals surface area contributed by atoms with Crippen LogP contribution in [0.1, 0.15) is 0 Å². The van der Waals surface area contributed by atoms with Crippen LogP contribution in [-0.4, -0.2) is 50.7 Å². The second-order valence-electron chi connectivity index (χ2n) is 6.48. The van der Waals surface area contributed by atoms with Gasteiger partial charge in [0.15, 0.2) is 11.6 Å². The number of nitrogens with zero attached hydrogens (tertiary/aromatic N) is 5. The third-order valence-corrected chi connectivity index (χ3v) is 4.32. The van der Waals surface area contributed by atoms with Crippen LogP contribution in [0.25, 0.3) is 16.6 Å². The van der Waals surface area contributed by atoms with Crippen molar-refractivity contribution in [1.29, 1.82) is 0 Å². The molecule has 0 saturated carbocycles. The zero-order chi connectivity index (χ0) is 20.9. The van der Waals surface area contributed by atoms with E-state index in [1.807, 2.05) is 37.5 Å². The second-order valence-corrected chi connectivity index (χ2v) is 6.48. The number of fused-ring (bicyclic) bond motifs is 1. The third kappa shape index (κ3) is 4.49. The Balaban J connectivity index is 1.34. The molecular formula is C20H21N7O3. The predicted molar refractivity (Wildman–Crippen MR) is 111 cm³/mol. The third-order valence-electron chi connectivity index (χ3n) is 4.32. The molecule has 0 spiro atoms. The van der Waals surface area contributed by atoms with Crippen LogP contribution in [0.4, 0.5) is 10.6 Å². The SMILES string of the molecule is COc1ccc(-c2ccn3nc(NC(=O)NCCOc4cnn(C)c4)cc3c2)cn1. The maximum absolute atomic E-state index is 12.1. The maximum Gasteiger partial charge on any atom is 0.320 e.